The maximum atomic E-state index is 13.1. The molecule has 0 spiro atoms. The van der Waals surface area contributed by atoms with Crippen molar-refractivity contribution < 1.29 is 18.7 Å². The van der Waals surface area contributed by atoms with Gasteiger partial charge < -0.3 is 24.7 Å². The zero-order chi connectivity index (χ0) is 24.1. The molecule has 1 atom stereocenters. The minimum absolute atomic E-state index is 0.289. The SMILES string of the molecule is COc1cc(/C=C2\OCCN=C2NC(=O)C(C)Nc2ccc(F)cc2)ccc1-n1cnc(C)c1. The van der Waals surface area contributed by atoms with Gasteiger partial charge in [0.25, 0.3) is 0 Å². The van der Waals surface area contributed by atoms with Gasteiger partial charge in [-0.15, -0.1) is 0 Å². The lowest BCUT2D eigenvalue weighted by molar-refractivity contribution is -0.120. The van der Waals surface area contributed by atoms with E-state index in [0.717, 1.165) is 16.9 Å². The number of carbonyl (C=O) groups excluding carboxylic acids is 1. The number of imidazole rings is 1. The summed E-state index contributed by atoms with van der Waals surface area (Å²) in [7, 11) is 1.61. The van der Waals surface area contributed by atoms with Gasteiger partial charge in [-0.05, 0) is 61.9 Å². The van der Waals surface area contributed by atoms with Crippen LogP contribution in [0.15, 0.2) is 65.7 Å². The molecule has 1 unspecified atom stereocenters. The summed E-state index contributed by atoms with van der Waals surface area (Å²) in [6, 6.07) is 11.0. The van der Waals surface area contributed by atoms with Crippen LogP contribution in [0.2, 0.25) is 0 Å². The molecule has 9 heteroatoms. The molecule has 4 rings (SSSR count). The Balaban J connectivity index is 1.50. The predicted molar refractivity (Wildman–Crippen MR) is 129 cm³/mol. The number of nitrogens with zero attached hydrogens (tertiary/aromatic N) is 3. The second-order valence-electron chi connectivity index (χ2n) is 7.80. The van der Waals surface area contributed by atoms with Crippen LogP contribution in [0.3, 0.4) is 0 Å². The number of aromatic nitrogens is 2. The van der Waals surface area contributed by atoms with Gasteiger partial charge in [-0.2, -0.15) is 0 Å². The summed E-state index contributed by atoms with van der Waals surface area (Å²) in [4.78, 5) is 21.4. The third kappa shape index (κ3) is 5.43. The number of aliphatic imine (C=N–C) groups is 1. The van der Waals surface area contributed by atoms with Gasteiger partial charge in [-0.3, -0.25) is 9.79 Å². The number of halogens is 1. The Kier molecular flexibility index (Phi) is 6.91. The molecule has 34 heavy (non-hydrogen) atoms. The van der Waals surface area contributed by atoms with Crippen LogP contribution < -0.4 is 15.4 Å². The summed E-state index contributed by atoms with van der Waals surface area (Å²) in [6.45, 7) is 4.49. The normalized spacial score (nSPS) is 15.3. The number of hydrogen-bond donors (Lipinski definition) is 2. The number of amides is 1. The Hall–Kier alpha value is -4.14. The van der Waals surface area contributed by atoms with Crippen molar-refractivity contribution in [3.05, 3.63) is 77.8 Å². The minimum atomic E-state index is -0.575. The Morgan fingerprint density at radius 1 is 1.26 bits per heavy atom. The molecule has 2 aromatic carbocycles. The maximum Gasteiger partial charge on any atom is 0.247 e. The Bertz CT molecular complexity index is 1230. The Morgan fingerprint density at radius 3 is 2.76 bits per heavy atom. The van der Waals surface area contributed by atoms with Gasteiger partial charge in [-0.1, -0.05) is 6.07 Å². The van der Waals surface area contributed by atoms with Crippen molar-refractivity contribution in [2.24, 2.45) is 4.99 Å². The number of amidine groups is 1. The highest BCUT2D eigenvalue weighted by atomic mass is 19.1. The smallest absolute Gasteiger partial charge is 0.247 e. The van der Waals surface area contributed by atoms with E-state index < -0.39 is 6.04 Å². The number of anilines is 1. The first-order chi connectivity index (χ1) is 16.4. The summed E-state index contributed by atoms with van der Waals surface area (Å²) in [5.74, 6) is 0.861. The average Bonchev–Trinajstić information content (AvgIpc) is 3.27. The van der Waals surface area contributed by atoms with E-state index in [1.807, 2.05) is 42.0 Å². The van der Waals surface area contributed by atoms with E-state index in [-0.39, 0.29) is 11.7 Å². The van der Waals surface area contributed by atoms with Crippen molar-refractivity contribution in [1.82, 2.24) is 14.9 Å². The van der Waals surface area contributed by atoms with Gasteiger partial charge >= 0.3 is 0 Å². The van der Waals surface area contributed by atoms with Crippen LogP contribution in [0.4, 0.5) is 10.1 Å². The van der Waals surface area contributed by atoms with Crippen LogP contribution in [0.5, 0.6) is 5.75 Å². The summed E-state index contributed by atoms with van der Waals surface area (Å²) in [5.41, 5.74) is 3.23. The van der Waals surface area contributed by atoms with E-state index in [2.05, 4.69) is 20.6 Å². The number of methoxy groups -OCH3 is 1. The van der Waals surface area contributed by atoms with Crippen LogP contribution in [0, 0.1) is 12.7 Å². The van der Waals surface area contributed by atoms with Crippen molar-refractivity contribution in [3.8, 4) is 11.4 Å². The van der Waals surface area contributed by atoms with E-state index in [9.17, 15) is 9.18 Å². The van der Waals surface area contributed by atoms with Gasteiger partial charge in [0.15, 0.2) is 11.6 Å². The average molecular weight is 464 g/mol. The second-order valence-corrected chi connectivity index (χ2v) is 7.80. The molecule has 8 nitrogen and oxygen atoms in total. The molecular formula is C25H26FN5O3. The highest BCUT2D eigenvalue weighted by Gasteiger charge is 2.20. The number of ether oxygens (including phenoxy) is 2. The van der Waals surface area contributed by atoms with Crippen LogP contribution >= 0.6 is 0 Å². The van der Waals surface area contributed by atoms with Crippen LogP contribution in [-0.4, -0.2) is 47.6 Å². The Labute approximate surface area is 197 Å². The molecule has 1 amide bonds. The first-order valence-corrected chi connectivity index (χ1v) is 10.8. The molecule has 0 saturated heterocycles. The fourth-order valence-corrected chi connectivity index (χ4v) is 3.46. The van der Waals surface area contributed by atoms with Crippen molar-refractivity contribution in [2.45, 2.75) is 19.9 Å². The van der Waals surface area contributed by atoms with Crippen molar-refractivity contribution in [1.29, 1.82) is 0 Å². The van der Waals surface area contributed by atoms with E-state index >= 15 is 0 Å². The van der Waals surface area contributed by atoms with Gasteiger partial charge in [0.05, 0.1) is 31.4 Å². The lowest BCUT2D eigenvalue weighted by Crippen LogP contribution is -2.43. The largest absolute Gasteiger partial charge is 0.495 e. The van der Waals surface area contributed by atoms with E-state index in [1.54, 1.807) is 32.5 Å². The van der Waals surface area contributed by atoms with Crippen molar-refractivity contribution >= 4 is 23.5 Å². The molecular weight excluding hydrogens is 437 g/mol. The molecule has 1 aliphatic rings. The van der Waals surface area contributed by atoms with E-state index in [0.29, 0.717) is 36.2 Å². The molecule has 1 aromatic heterocycles. The number of rotatable bonds is 6. The van der Waals surface area contributed by atoms with E-state index in [1.165, 1.54) is 12.1 Å². The molecule has 0 bridgehead atoms. The second kappa shape index (κ2) is 10.2. The molecule has 3 aromatic rings. The quantitative estimate of drug-likeness (QED) is 0.582. The summed E-state index contributed by atoms with van der Waals surface area (Å²) in [6.07, 6.45) is 5.46. The molecule has 0 radical (unpaired) electrons. The number of nitrogens with one attached hydrogen (secondary N) is 2. The molecule has 0 saturated carbocycles. The van der Waals surface area contributed by atoms with Crippen molar-refractivity contribution in [3.63, 3.8) is 0 Å². The number of aryl methyl sites for hydroxylation is 1. The highest BCUT2D eigenvalue weighted by molar-refractivity contribution is 6.10. The predicted octanol–water partition coefficient (Wildman–Crippen LogP) is 3.71. The zero-order valence-corrected chi connectivity index (χ0v) is 19.2. The molecule has 2 heterocycles. The summed E-state index contributed by atoms with van der Waals surface area (Å²) < 4.78 is 26.4. The summed E-state index contributed by atoms with van der Waals surface area (Å²) >= 11 is 0. The van der Waals surface area contributed by atoms with Crippen LogP contribution in [0.1, 0.15) is 18.2 Å². The molecule has 1 aliphatic heterocycles. The topological polar surface area (TPSA) is 89.8 Å². The fourth-order valence-electron chi connectivity index (χ4n) is 3.46. The van der Waals surface area contributed by atoms with Gasteiger partial charge in [0, 0.05) is 11.9 Å². The van der Waals surface area contributed by atoms with Crippen LogP contribution in [-0.2, 0) is 9.53 Å². The highest BCUT2D eigenvalue weighted by Crippen LogP contribution is 2.26. The molecule has 0 fully saturated rings. The van der Waals surface area contributed by atoms with Gasteiger partial charge in [-0.25, -0.2) is 9.37 Å². The lowest BCUT2D eigenvalue weighted by Gasteiger charge is -2.21. The van der Waals surface area contributed by atoms with Gasteiger partial charge in [0.2, 0.25) is 5.91 Å². The number of benzene rings is 2. The zero-order valence-electron chi connectivity index (χ0n) is 19.2. The maximum absolute atomic E-state index is 13.1. The molecule has 0 aliphatic carbocycles. The standard InChI is InChI=1S/C25H26FN5O3/c1-16-14-31(15-28-16)21-9-4-18(12-22(21)33-3)13-23-24(27-10-11-34-23)30-25(32)17(2)29-20-7-5-19(26)6-8-20/h4-9,12-15,17,29H,10-11H2,1-3H3,(H,27,30,32)/b23-13-. The van der Waals surface area contributed by atoms with Crippen molar-refractivity contribution in [2.75, 3.05) is 25.6 Å². The number of carbonyl (C=O) groups is 1. The lowest BCUT2D eigenvalue weighted by atomic mass is 10.1. The monoisotopic (exact) mass is 463 g/mol. The minimum Gasteiger partial charge on any atom is -0.495 e. The van der Waals surface area contributed by atoms with Crippen LogP contribution in [0.25, 0.3) is 11.8 Å². The molecule has 2 N–H and O–H groups in total. The summed E-state index contributed by atoms with van der Waals surface area (Å²) in [5, 5.41) is 5.87. The third-order valence-corrected chi connectivity index (χ3v) is 5.21. The fraction of sp³-hybridized carbons (Fsp3) is 0.240. The molecule has 176 valence electrons. The first-order valence-electron chi connectivity index (χ1n) is 10.8. The van der Waals surface area contributed by atoms with Gasteiger partial charge in [0.1, 0.15) is 24.2 Å². The third-order valence-electron chi connectivity index (χ3n) is 5.21. The van der Waals surface area contributed by atoms with E-state index in [4.69, 9.17) is 9.47 Å². The Morgan fingerprint density at radius 2 is 2.06 bits per heavy atom. The number of hydrogen-bond acceptors (Lipinski definition) is 6. The first kappa shape index (κ1) is 23.0.